The lowest BCUT2D eigenvalue weighted by Gasteiger charge is -2.23. The molecule has 2 aliphatic heterocycles. The molecule has 5 heterocycles. The van der Waals surface area contributed by atoms with E-state index in [-0.39, 0.29) is 0 Å². The van der Waals surface area contributed by atoms with Crippen LogP contribution >= 0.6 is 23.2 Å². The first kappa shape index (κ1) is 32.6. The third kappa shape index (κ3) is 7.46. The number of aromatic nitrogens is 3. The second kappa shape index (κ2) is 15.5. The van der Waals surface area contributed by atoms with Crippen LogP contribution in [0, 0.1) is 0 Å². The number of hydrogen-bond donors (Lipinski definition) is 2. The normalized spacial score (nSPS) is 16.0. The molecule has 1 aromatic carbocycles. The van der Waals surface area contributed by atoms with Crippen LogP contribution in [0.1, 0.15) is 37.1 Å². The molecule has 11 heteroatoms. The maximum absolute atomic E-state index is 7.09. The first-order chi connectivity index (χ1) is 22.6. The summed E-state index contributed by atoms with van der Waals surface area (Å²) in [6.07, 6.45) is 9.32. The van der Waals surface area contributed by atoms with Crippen molar-refractivity contribution in [1.82, 2.24) is 25.6 Å². The summed E-state index contributed by atoms with van der Waals surface area (Å²) in [7, 11) is 3.31. The summed E-state index contributed by atoms with van der Waals surface area (Å²) in [4.78, 5) is 14.1. The van der Waals surface area contributed by atoms with Crippen LogP contribution in [0.5, 0.6) is 11.5 Å². The van der Waals surface area contributed by atoms with Crippen LogP contribution in [0.25, 0.3) is 33.5 Å². The summed E-state index contributed by atoms with van der Waals surface area (Å²) >= 11 is 14.1. The first-order valence-corrected chi connectivity index (χ1v) is 16.4. The van der Waals surface area contributed by atoms with Gasteiger partial charge >= 0.3 is 0 Å². The Balaban J connectivity index is 1.24. The minimum absolute atomic E-state index is 0.405. The van der Waals surface area contributed by atoms with E-state index >= 15 is 0 Å². The van der Waals surface area contributed by atoms with Crippen LogP contribution < -0.4 is 20.1 Å². The quantitative estimate of drug-likeness (QED) is 0.181. The Morgan fingerprint density at radius 1 is 0.696 bits per heavy atom. The molecule has 0 amide bonds. The Hall–Kier alpha value is -3.31. The molecule has 46 heavy (non-hydrogen) atoms. The first-order valence-electron chi connectivity index (χ1n) is 15.7. The zero-order chi connectivity index (χ0) is 31.9. The van der Waals surface area contributed by atoms with E-state index in [2.05, 4.69) is 15.6 Å². The topological polar surface area (TPSA) is 99.7 Å². The average Bonchev–Trinajstić information content (AvgIpc) is 3.11. The molecule has 0 spiro atoms. The highest BCUT2D eigenvalue weighted by atomic mass is 35.5. The number of rotatable bonds is 11. The highest BCUT2D eigenvalue weighted by Gasteiger charge is 2.20. The van der Waals surface area contributed by atoms with Gasteiger partial charge in [0, 0.05) is 98.0 Å². The van der Waals surface area contributed by atoms with E-state index in [1.807, 2.05) is 42.6 Å². The molecular formula is C35H39Cl2N5O4. The minimum atomic E-state index is 0.405. The molecule has 242 valence electrons. The lowest BCUT2D eigenvalue weighted by molar-refractivity contribution is 0.0773. The number of pyridine rings is 3. The predicted octanol–water partition coefficient (Wildman–Crippen LogP) is 6.73. The fraction of sp³-hybridized carbons (Fsp3) is 0.400. The van der Waals surface area contributed by atoms with E-state index in [0.717, 1.165) is 91.3 Å². The van der Waals surface area contributed by atoms with Crippen LogP contribution in [-0.2, 0) is 22.6 Å². The number of hydrogen-bond acceptors (Lipinski definition) is 9. The van der Waals surface area contributed by atoms with Crippen molar-refractivity contribution in [2.45, 2.75) is 50.9 Å². The zero-order valence-corrected chi connectivity index (χ0v) is 27.7. The second-order valence-corrected chi connectivity index (χ2v) is 12.2. The van der Waals surface area contributed by atoms with Gasteiger partial charge in [-0.25, -0.2) is 0 Å². The molecule has 2 aliphatic rings. The molecule has 0 bridgehead atoms. The van der Waals surface area contributed by atoms with Crippen LogP contribution in [0.2, 0.25) is 10.0 Å². The maximum Gasteiger partial charge on any atom is 0.142 e. The Morgan fingerprint density at radius 2 is 1.22 bits per heavy atom. The Labute approximate surface area is 280 Å². The highest BCUT2D eigenvalue weighted by Crippen LogP contribution is 2.42. The smallest absolute Gasteiger partial charge is 0.142 e. The fourth-order valence-electron chi connectivity index (χ4n) is 5.94. The van der Waals surface area contributed by atoms with E-state index in [4.69, 9.17) is 52.1 Å². The van der Waals surface area contributed by atoms with Crippen molar-refractivity contribution in [1.29, 1.82) is 0 Å². The average molecular weight is 665 g/mol. The molecule has 6 rings (SSSR count). The van der Waals surface area contributed by atoms with E-state index in [1.165, 1.54) is 0 Å². The molecule has 0 radical (unpaired) electrons. The number of benzene rings is 1. The number of nitrogens with zero attached hydrogens (tertiary/aromatic N) is 3. The van der Waals surface area contributed by atoms with Crippen molar-refractivity contribution < 1.29 is 18.9 Å². The summed E-state index contributed by atoms with van der Waals surface area (Å²) in [6.45, 7) is 4.34. The molecule has 2 fully saturated rings. The number of halogens is 2. The number of ether oxygens (including phenoxy) is 4. The lowest BCUT2D eigenvalue weighted by atomic mass is 9.98. The summed E-state index contributed by atoms with van der Waals surface area (Å²) in [5.74, 6) is 1.38. The highest BCUT2D eigenvalue weighted by molar-refractivity contribution is 6.39. The van der Waals surface area contributed by atoms with Crippen LogP contribution in [0.3, 0.4) is 0 Å². The molecule has 2 saturated heterocycles. The summed E-state index contributed by atoms with van der Waals surface area (Å²) in [6, 6.07) is 12.5. The Morgan fingerprint density at radius 3 is 1.80 bits per heavy atom. The number of methoxy groups -OCH3 is 2. The summed E-state index contributed by atoms with van der Waals surface area (Å²) in [5, 5.41) is 8.18. The monoisotopic (exact) mass is 663 g/mol. The minimum Gasteiger partial charge on any atom is -0.495 e. The van der Waals surface area contributed by atoms with E-state index < -0.39 is 0 Å². The van der Waals surface area contributed by atoms with Crippen molar-refractivity contribution in [2.24, 2.45) is 0 Å². The van der Waals surface area contributed by atoms with Crippen molar-refractivity contribution in [3.05, 3.63) is 76.4 Å². The van der Waals surface area contributed by atoms with Gasteiger partial charge < -0.3 is 29.6 Å². The van der Waals surface area contributed by atoms with Gasteiger partial charge in [0.25, 0.3) is 0 Å². The summed E-state index contributed by atoms with van der Waals surface area (Å²) in [5.41, 5.74) is 6.26. The van der Waals surface area contributed by atoms with Gasteiger partial charge in [0.1, 0.15) is 11.5 Å². The van der Waals surface area contributed by atoms with Crippen LogP contribution in [0.4, 0.5) is 0 Å². The Kier molecular flexibility index (Phi) is 11.0. The molecule has 0 atom stereocenters. The second-order valence-electron chi connectivity index (χ2n) is 11.5. The zero-order valence-electron chi connectivity index (χ0n) is 26.2. The third-order valence-corrected chi connectivity index (χ3v) is 9.41. The SMILES string of the molecule is COc1cc(-c2cccc(-c3ccnc(-c4cnc(CNC5CCOCC5)c(OC)c4)c3Cl)c2Cl)cnc1CNC1CCOCC1. The van der Waals surface area contributed by atoms with Gasteiger partial charge in [-0.3, -0.25) is 15.0 Å². The Bertz CT molecular complexity index is 1520. The van der Waals surface area contributed by atoms with E-state index in [0.29, 0.717) is 52.4 Å². The maximum atomic E-state index is 7.09. The van der Waals surface area contributed by atoms with E-state index in [9.17, 15) is 0 Å². The van der Waals surface area contributed by atoms with Gasteiger partial charge in [0.05, 0.1) is 41.3 Å². The van der Waals surface area contributed by atoms with Gasteiger partial charge in [-0.1, -0.05) is 41.4 Å². The molecular weight excluding hydrogens is 625 g/mol. The van der Waals surface area contributed by atoms with Gasteiger partial charge in [-0.2, -0.15) is 0 Å². The van der Waals surface area contributed by atoms with Gasteiger partial charge in [0.15, 0.2) is 0 Å². The molecule has 4 aromatic rings. The van der Waals surface area contributed by atoms with Crippen molar-refractivity contribution in [3.63, 3.8) is 0 Å². The van der Waals surface area contributed by atoms with E-state index in [1.54, 1.807) is 26.6 Å². The van der Waals surface area contributed by atoms with Crippen molar-refractivity contribution in [2.75, 3.05) is 40.6 Å². The molecule has 0 saturated carbocycles. The lowest BCUT2D eigenvalue weighted by Crippen LogP contribution is -2.34. The molecule has 0 unspecified atom stereocenters. The van der Waals surface area contributed by atoms with Crippen molar-refractivity contribution in [3.8, 4) is 45.0 Å². The van der Waals surface area contributed by atoms with Crippen molar-refractivity contribution >= 4 is 23.2 Å². The molecule has 2 N–H and O–H groups in total. The van der Waals surface area contributed by atoms with Gasteiger partial charge in [-0.15, -0.1) is 0 Å². The standard InChI is InChI=1S/C35H39Cl2N5O4/c1-43-31-16-22(18-41-29(31)20-39-24-7-12-45-13-8-24)26-4-3-5-27(33(26)36)28-6-11-38-35(34(28)37)23-17-32(44-2)30(42-19-23)21-40-25-9-14-46-15-10-25/h3-6,11,16-19,24-25,39-40H,7-10,12-15,20-21H2,1-2H3. The fourth-order valence-corrected chi connectivity index (χ4v) is 6.60. The molecule has 3 aromatic heterocycles. The number of nitrogens with one attached hydrogen (secondary N) is 2. The van der Waals surface area contributed by atoms with Gasteiger partial charge in [-0.05, 0) is 43.9 Å². The largest absolute Gasteiger partial charge is 0.495 e. The molecule has 0 aliphatic carbocycles. The van der Waals surface area contributed by atoms with Crippen LogP contribution in [0.15, 0.2) is 55.0 Å². The summed E-state index contributed by atoms with van der Waals surface area (Å²) < 4.78 is 22.4. The predicted molar refractivity (Wildman–Crippen MR) is 181 cm³/mol. The third-order valence-electron chi connectivity index (χ3n) is 8.62. The molecule has 9 nitrogen and oxygen atoms in total. The van der Waals surface area contributed by atoms with Crippen LogP contribution in [-0.4, -0.2) is 67.7 Å². The van der Waals surface area contributed by atoms with Gasteiger partial charge in [0.2, 0.25) is 0 Å².